The van der Waals surface area contributed by atoms with Crippen molar-refractivity contribution < 1.29 is 17.9 Å². The Hall–Kier alpha value is -3.16. The molecule has 0 saturated carbocycles. The Kier molecular flexibility index (Phi) is 6.54. The van der Waals surface area contributed by atoms with Gasteiger partial charge in [0.05, 0.1) is 11.5 Å². The summed E-state index contributed by atoms with van der Waals surface area (Å²) in [6, 6.07) is 18.6. The van der Waals surface area contributed by atoms with E-state index in [1.54, 1.807) is 49.6 Å². The van der Waals surface area contributed by atoms with Crippen molar-refractivity contribution in [1.82, 2.24) is 0 Å². The molecular weight excluding hydrogens is 400 g/mol. The van der Waals surface area contributed by atoms with Crippen molar-refractivity contribution in [2.75, 3.05) is 17.1 Å². The monoisotopic (exact) mass is 424 g/mol. The van der Waals surface area contributed by atoms with Crippen LogP contribution in [0.2, 0.25) is 0 Å². The van der Waals surface area contributed by atoms with Crippen LogP contribution in [0.5, 0.6) is 0 Å². The first kappa shape index (κ1) is 21.5. The number of amides is 1. The molecule has 6 nitrogen and oxygen atoms in total. The molecule has 0 unspecified atom stereocenters. The van der Waals surface area contributed by atoms with Gasteiger partial charge in [-0.15, -0.1) is 0 Å². The minimum absolute atomic E-state index is 0.112. The Bertz CT molecular complexity index is 1160. The van der Waals surface area contributed by atoms with E-state index in [1.807, 2.05) is 26.0 Å². The standard InChI is InChI=1S/C23H24N2O4S/c1-16-7-8-21(13-17(16)2)25-30(27,28)22-11-9-20(10-12-22)24-23(26)19-6-4-5-18(14-19)15-29-3/h4-14,25H,15H2,1-3H3,(H,24,26). The highest BCUT2D eigenvalue weighted by Gasteiger charge is 2.15. The van der Waals surface area contributed by atoms with E-state index in [9.17, 15) is 13.2 Å². The summed E-state index contributed by atoms with van der Waals surface area (Å²) >= 11 is 0. The molecule has 0 aromatic heterocycles. The fraction of sp³-hybridized carbons (Fsp3) is 0.174. The topological polar surface area (TPSA) is 84.5 Å². The smallest absolute Gasteiger partial charge is 0.261 e. The van der Waals surface area contributed by atoms with Gasteiger partial charge in [-0.2, -0.15) is 0 Å². The molecule has 0 atom stereocenters. The molecule has 0 aliphatic heterocycles. The van der Waals surface area contributed by atoms with E-state index in [4.69, 9.17) is 4.74 Å². The van der Waals surface area contributed by atoms with E-state index >= 15 is 0 Å². The van der Waals surface area contributed by atoms with Gasteiger partial charge in [-0.1, -0.05) is 18.2 Å². The Balaban J connectivity index is 1.71. The molecule has 0 saturated heterocycles. The zero-order chi connectivity index (χ0) is 21.7. The first-order valence-electron chi connectivity index (χ1n) is 9.38. The molecule has 0 fully saturated rings. The van der Waals surface area contributed by atoms with E-state index in [-0.39, 0.29) is 10.8 Å². The Morgan fingerprint density at radius 3 is 2.27 bits per heavy atom. The maximum atomic E-state index is 12.6. The summed E-state index contributed by atoms with van der Waals surface area (Å²) in [5.74, 6) is -0.281. The molecule has 0 aliphatic carbocycles. The van der Waals surface area contributed by atoms with E-state index in [2.05, 4.69) is 10.0 Å². The van der Waals surface area contributed by atoms with Gasteiger partial charge >= 0.3 is 0 Å². The predicted octanol–water partition coefficient (Wildman–Crippen LogP) is 4.50. The van der Waals surface area contributed by atoms with E-state index in [1.165, 1.54) is 12.1 Å². The number of anilines is 2. The number of methoxy groups -OCH3 is 1. The van der Waals surface area contributed by atoms with Crippen LogP contribution >= 0.6 is 0 Å². The van der Waals surface area contributed by atoms with Gasteiger partial charge in [0.1, 0.15) is 0 Å². The second-order valence-corrected chi connectivity index (χ2v) is 8.70. The largest absolute Gasteiger partial charge is 0.380 e. The summed E-state index contributed by atoms with van der Waals surface area (Å²) in [6.45, 7) is 4.31. The van der Waals surface area contributed by atoms with Gasteiger partial charge in [0.25, 0.3) is 15.9 Å². The van der Waals surface area contributed by atoms with Crippen LogP contribution in [0.1, 0.15) is 27.0 Å². The van der Waals surface area contributed by atoms with Crippen LogP contribution in [0, 0.1) is 13.8 Å². The first-order valence-corrected chi connectivity index (χ1v) is 10.9. The lowest BCUT2D eigenvalue weighted by Gasteiger charge is -2.11. The van der Waals surface area contributed by atoms with Gasteiger partial charge < -0.3 is 10.1 Å². The van der Waals surface area contributed by atoms with Crippen LogP contribution in [0.15, 0.2) is 71.6 Å². The normalized spacial score (nSPS) is 11.2. The number of carbonyl (C=O) groups excluding carboxylic acids is 1. The summed E-state index contributed by atoms with van der Waals surface area (Å²) in [6.07, 6.45) is 0. The van der Waals surface area contributed by atoms with Crippen molar-refractivity contribution in [2.24, 2.45) is 0 Å². The van der Waals surface area contributed by atoms with Crippen LogP contribution in [0.3, 0.4) is 0 Å². The molecule has 0 spiro atoms. The second-order valence-electron chi connectivity index (χ2n) is 7.02. The minimum Gasteiger partial charge on any atom is -0.380 e. The van der Waals surface area contributed by atoms with E-state index in [0.717, 1.165) is 16.7 Å². The molecule has 0 aliphatic rings. The number of nitrogens with one attached hydrogen (secondary N) is 2. The highest BCUT2D eigenvalue weighted by atomic mass is 32.2. The molecule has 156 valence electrons. The zero-order valence-electron chi connectivity index (χ0n) is 17.1. The van der Waals surface area contributed by atoms with Gasteiger partial charge in [-0.25, -0.2) is 8.42 Å². The number of aryl methyl sites for hydroxylation is 2. The maximum absolute atomic E-state index is 12.6. The van der Waals surface area contributed by atoms with Gasteiger partial charge in [0.15, 0.2) is 0 Å². The van der Waals surface area contributed by atoms with Crippen LogP contribution in [0.4, 0.5) is 11.4 Å². The molecule has 3 aromatic rings. The van der Waals surface area contributed by atoms with Gasteiger partial charge in [-0.05, 0) is 79.1 Å². The Morgan fingerprint density at radius 2 is 1.60 bits per heavy atom. The van der Waals surface area contributed by atoms with Crippen molar-refractivity contribution in [3.8, 4) is 0 Å². The fourth-order valence-electron chi connectivity index (χ4n) is 2.91. The van der Waals surface area contributed by atoms with Crippen molar-refractivity contribution in [3.63, 3.8) is 0 Å². The van der Waals surface area contributed by atoms with Gasteiger partial charge in [0, 0.05) is 24.0 Å². The van der Waals surface area contributed by atoms with Crippen molar-refractivity contribution in [3.05, 3.63) is 89.0 Å². The third kappa shape index (κ3) is 5.25. The number of ether oxygens (including phenoxy) is 1. The van der Waals surface area contributed by atoms with Gasteiger partial charge in [0.2, 0.25) is 0 Å². The summed E-state index contributed by atoms with van der Waals surface area (Å²) in [5.41, 5.74) is 4.49. The molecule has 30 heavy (non-hydrogen) atoms. The average Bonchev–Trinajstić information content (AvgIpc) is 2.71. The number of hydrogen-bond donors (Lipinski definition) is 2. The molecule has 1 amide bonds. The zero-order valence-corrected chi connectivity index (χ0v) is 17.9. The lowest BCUT2D eigenvalue weighted by molar-refractivity contribution is 0.102. The van der Waals surface area contributed by atoms with Crippen LogP contribution in [-0.2, 0) is 21.4 Å². The minimum atomic E-state index is -3.73. The Morgan fingerprint density at radius 1 is 0.900 bits per heavy atom. The van der Waals surface area contributed by atoms with Crippen molar-refractivity contribution >= 4 is 27.3 Å². The number of hydrogen-bond acceptors (Lipinski definition) is 4. The lowest BCUT2D eigenvalue weighted by Crippen LogP contribution is -2.14. The van der Waals surface area contributed by atoms with Crippen molar-refractivity contribution in [2.45, 2.75) is 25.3 Å². The molecule has 0 radical (unpaired) electrons. The molecule has 3 aromatic carbocycles. The van der Waals surface area contributed by atoms with E-state index in [0.29, 0.717) is 23.5 Å². The third-order valence-electron chi connectivity index (χ3n) is 4.68. The summed E-state index contributed by atoms with van der Waals surface area (Å²) in [4.78, 5) is 12.6. The third-order valence-corrected chi connectivity index (χ3v) is 6.08. The predicted molar refractivity (Wildman–Crippen MR) is 118 cm³/mol. The first-order chi connectivity index (χ1) is 14.3. The number of rotatable bonds is 7. The second kappa shape index (κ2) is 9.11. The SMILES string of the molecule is COCc1cccc(C(=O)Nc2ccc(S(=O)(=O)Nc3ccc(C)c(C)c3)cc2)c1. The van der Waals surface area contributed by atoms with Crippen LogP contribution in [-0.4, -0.2) is 21.4 Å². The molecule has 2 N–H and O–H groups in total. The number of benzene rings is 3. The lowest BCUT2D eigenvalue weighted by atomic mass is 10.1. The van der Waals surface area contributed by atoms with E-state index < -0.39 is 10.0 Å². The Labute approximate surface area is 177 Å². The quantitative estimate of drug-likeness (QED) is 0.585. The molecular formula is C23H24N2O4S. The summed E-state index contributed by atoms with van der Waals surface area (Å²) in [5, 5.41) is 2.77. The number of carbonyl (C=O) groups is 1. The average molecular weight is 425 g/mol. The van der Waals surface area contributed by atoms with Gasteiger partial charge in [-0.3, -0.25) is 9.52 Å². The molecule has 0 bridgehead atoms. The maximum Gasteiger partial charge on any atom is 0.261 e. The van der Waals surface area contributed by atoms with Crippen LogP contribution < -0.4 is 10.0 Å². The molecule has 0 heterocycles. The van der Waals surface area contributed by atoms with Crippen LogP contribution in [0.25, 0.3) is 0 Å². The van der Waals surface area contributed by atoms with Crippen molar-refractivity contribution in [1.29, 1.82) is 0 Å². The number of sulfonamides is 1. The highest BCUT2D eigenvalue weighted by Crippen LogP contribution is 2.21. The summed E-state index contributed by atoms with van der Waals surface area (Å²) < 4.78 is 32.9. The molecule has 7 heteroatoms. The summed E-state index contributed by atoms with van der Waals surface area (Å²) in [7, 11) is -2.13. The highest BCUT2D eigenvalue weighted by molar-refractivity contribution is 7.92. The molecule has 3 rings (SSSR count). The fourth-order valence-corrected chi connectivity index (χ4v) is 3.96.